The van der Waals surface area contributed by atoms with Gasteiger partial charge in [0.1, 0.15) is 0 Å². The van der Waals surface area contributed by atoms with E-state index in [1.165, 1.54) is 0 Å². The van der Waals surface area contributed by atoms with Crippen LogP contribution in [-0.4, -0.2) is 20.5 Å². The second-order valence-electron chi connectivity index (χ2n) is 5.56. The lowest BCUT2D eigenvalue weighted by Crippen LogP contribution is -2.48. The largest absolute Gasteiger partial charge is 0.329 e. The molecule has 0 saturated carbocycles. The van der Waals surface area contributed by atoms with Gasteiger partial charge in [0.15, 0.2) is 0 Å². The molecular formula is C16H20N2O2S. The van der Waals surface area contributed by atoms with Gasteiger partial charge in [-0.25, -0.2) is 13.1 Å². The number of nitrogens with one attached hydrogen (secondary N) is 1. The molecule has 5 heteroatoms. The van der Waals surface area contributed by atoms with E-state index in [0.717, 1.165) is 5.56 Å². The van der Waals surface area contributed by atoms with Crippen LogP contribution in [0.2, 0.25) is 0 Å². The van der Waals surface area contributed by atoms with Gasteiger partial charge in [-0.15, -0.1) is 0 Å². The quantitative estimate of drug-likeness (QED) is 0.890. The maximum atomic E-state index is 12.6. The lowest BCUT2D eigenvalue weighted by Gasteiger charge is -2.24. The molecule has 0 amide bonds. The third-order valence-electron chi connectivity index (χ3n) is 3.18. The third-order valence-corrected chi connectivity index (χ3v) is 4.94. The summed E-state index contributed by atoms with van der Waals surface area (Å²) in [5.74, 6) is 0. The zero-order chi connectivity index (χ0) is 15.5. The molecule has 0 spiro atoms. The molecule has 0 bridgehead atoms. The van der Waals surface area contributed by atoms with E-state index in [-0.39, 0.29) is 11.4 Å². The van der Waals surface area contributed by atoms with Crippen LogP contribution >= 0.6 is 0 Å². The molecule has 2 aromatic rings. The minimum atomic E-state index is -3.64. The molecular weight excluding hydrogens is 284 g/mol. The Hall–Kier alpha value is -1.69. The van der Waals surface area contributed by atoms with Crippen molar-refractivity contribution < 1.29 is 8.42 Å². The Morgan fingerprint density at radius 1 is 1.00 bits per heavy atom. The van der Waals surface area contributed by atoms with Gasteiger partial charge in [0.2, 0.25) is 10.0 Å². The third kappa shape index (κ3) is 3.69. The molecule has 0 saturated heterocycles. The zero-order valence-corrected chi connectivity index (χ0v) is 13.0. The summed E-state index contributed by atoms with van der Waals surface area (Å²) in [6.07, 6.45) is 0. The van der Waals surface area contributed by atoms with Crippen LogP contribution in [0.1, 0.15) is 13.8 Å². The average molecular weight is 304 g/mol. The van der Waals surface area contributed by atoms with E-state index in [0.29, 0.717) is 5.56 Å². The van der Waals surface area contributed by atoms with Crippen molar-refractivity contribution in [3.63, 3.8) is 0 Å². The van der Waals surface area contributed by atoms with E-state index in [9.17, 15) is 8.42 Å². The number of benzene rings is 2. The first kappa shape index (κ1) is 15.7. The molecule has 0 aliphatic carbocycles. The van der Waals surface area contributed by atoms with Crippen molar-refractivity contribution in [2.75, 3.05) is 6.54 Å². The molecule has 2 aromatic carbocycles. The monoisotopic (exact) mass is 304 g/mol. The standard InChI is InChI=1S/C16H20N2O2S/c1-16(2,12-17)18-21(19,20)15-11-7-6-10-14(15)13-8-4-3-5-9-13/h3-11,18H,12,17H2,1-2H3. The predicted molar refractivity (Wildman–Crippen MR) is 85.3 cm³/mol. The van der Waals surface area contributed by atoms with Crippen molar-refractivity contribution in [2.45, 2.75) is 24.3 Å². The van der Waals surface area contributed by atoms with E-state index in [4.69, 9.17) is 5.73 Å². The highest BCUT2D eigenvalue weighted by Crippen LogP contribution is 2.27. The summed E-state index contributed by atoms with van der Waals surface area (Å²) >= 11 is 0. The normalized spacial score (nSPS) is 12.3. The van der Waals surface area contributed by atoms with Gasteiger partial charge in [0.05, 0.1) is 4.90 Å². The topological polar surface area (TPSA) is 72.2 Å². The molecule has 0 aliphatic heterocycles. The van der Waals surface area contributed by atoms with Crippen LogP contribution in [0, 0.1) is 0 Å². The van der Waals surface area contributed by atoms with Crippen LogP contribution in [0.4, 0.5) is 0 Å². The molecule has 0 fully saturated rings. The van der Waals surface area contributed by atoms with Crippen LogP contribution in [0.15, 0.2) is 59.5 Å². The van der Waals surface area contributed by atoms with Crippen LogP contribution in [-0.2, 0) is 10.0 Å². The zero-order valence-electron chi connectivity index (χ0n) is 12.2. The van der Waals surface area contributed by atoms with Gasteiger partial charge < -0.3 is 5.73 Å². The molecule has 0 aliphatic rings. The molecule has 0 heterocycles. The van der Waals surface area contributed by atoms with Crippen LogP contribution in [0.5, 0.6) is 0 Å². The highest BCUT2D eigenvalue weighted by molar-refractivity contribution is 7.89. The van der Waals surface area contributed by atoms with Gasteiger partial charge in [0, 0.05) is 17.6 Å². The van der Waals surface area contributed by atoms with Crippen LogP contribution in [0.25, 0.3) is 11.1 Å². The second-order valence-corrected chi connectivity index (χ2v) is 7.21. The van der Waals surface area contributed by atoms with Crippen molar-refractivity contribution in [2.24, 2.45) is 5.73 Å². The van der Waals surface area contributed by atoms with Gasteiger partial charge in [-0.05, 0) is 25.5 Å². The van der Waals surface area contributed by atoms with Crippen molar-refractivity contribution in [3.8, 4) is 11.1 Å². The van der Waals surface area contributed by atoms with Gasteiger partial charge in [-0.3, -0.25) is 0 Å². The lowest BCUT2D eigenvalue weighted by molar-refractivity contribution is 0.462. The number of hydrogen-bond donors (Lipinski definition) is 2. The molecule has 4 nitrogen and oxygen atoms in total. The Morgan fingerprint density at radius 2 is 1.57 bits per heavy atom. The summed E-state index contributed by atoms with van der Waals surface area (Å²) in [6, 6.07) is 16.4. The van der Waals surface area contributed by atoms with E-state index in [1.54, 1.807) is 32.0 Å². The summed E-state index contributed by atoms with van der Waals surface area (Å²) in [5.41, 5.74) is 6.47. The Balaban J connectivity index is 2.51. The van der Waals surface area contributed by atoms with E-state index < -0.39 is 15.6 Å². The molecule has 0 unspecified atom stereocenters. The van der Waals surface area contributed by atoms with Crippen molar-refractivity contribution in [1.82, 2.24) is 4.72 Å². The molecule has 0 atom stereocenters. The number of rotatable bonds is 5. The minimum Gasteiger partial charge on any atom is -0.329 e. The predicted octanol–water partition coefficient (Wildman–Crippen LogP) is 2.37. The molecule has 21 heavy (non-hydrogen) atoms. The minimum absolute atomic E-state index is 0.222. The van der Waals surface area contributed by atoms with Gasteiger partial charge in [0.25, 0.3) is 0 Å². The first-order chi connectivity index (χ1) is 9.86. The Kier molecular flexibility index (Phi) is 4.46. The first-order valence-electron chi connectivity index (χ1n) is 6.74. The summed E-state index contributed by atoms with van der Waals surface area (Å²) in [7, 11) is -3.64. The van der Waals surface area contributed by atoms with E-state index >= 15 is 0 Å². The van der Waals surface area contributed by atoms with Crippen LogP contribution in [0.3, 0.4) is 0 Å². The second kappa shape index (κ2) is 5.97. The molecule has 112 valence electrons. The highest BCUT2D eigenvalue weighted by atomic mass is 32.2. The summed E-state index contributed by atoms with van der Waals surface area (Å²) < 4.78 is 27.9. The maximum Gasteiger partial charge on any atom is 0.241 e. The van der Waals surface area contributed by atoms with Gasteiger partial charge >= 0.3 is 0 Å². The lowest BCUT2D eigenvalue weighted by atomic mass is 10.1. The Bertz CT molecular complexity index is 710. The summed E-state index contributed by atoms with van der Waals surface area (Å²) in [5, 5.41) is 0. The summed E-state index contributed by atoms with van der Waals surface area (Å²) in [6.45, 7) is 3.74. The van der Waals surface area contributed by atoms with Crippen molar-refractivity contribution in [1.29, 1.82) is 0 Å². The highest BCUT2D eigenvalue weighted by Gasteiger charge is 2.26. The Labute approximate surface area is 126 Å². The molecule has 2 rings (SSSR count). The Morgan fingerprint density at radius 3 is 2.19 bits per heavy atom. The smallest absolute Gasteiger partial charge is 0.241 e. The number of sulfonamides is 1. The molecule has 0 aromatic heterocycles. The number of nitrogens with two attached hydrogens (primary N) is 1. The first-order valence-corrected chi connectivity index (χ1v) is 8.22. The average Bonchev–Trinajstić information content (AvgIpc) is 2.47. The fraction of sp³-hybridized carbons (Fsp3) is 0.250. The van der Waals surface area contributed by atoms with E-state index in [2.05, 4.69) is 4.72 Å². The van der Waals surface area contributed by atoms with Gasteiger partial charge in [-0.2, -0.15) is 0 Å². The fourth-order valence-corrected chi connectivity index (χ4v) is 3.67. The van der Waals surface area contributed by atoms with Crippen molar-refractivity contribution >= 4 is 10.0 Å². The van der Waals surface area contributed by atoms with Crippen molar-refractivity contribution in [3.05, 3.63) is 54.6 Å². The number of hydrogen-bond acceptors (Lipinski definition) is 3. The molecule has 3 N–H and O–H groups in total. The van der Waals surface area contributed by atoms with Crippen LogP contribution < -0.4 is 10.5 Å². The van der Waals surface area contributed by atoms with Gasteiger partial charge in [-0.1, -0.05) is 48.5 Å². The molecule has 0 radical (unpaired) electrons. The summed E-state index contributed by atoms with van der Waals surface area (Å²) in [4.78, 5) is 0.262. The fourth-order valence-electron chi connectivity index (χ4n) is 2.02. The maximum absolute atomic E-state index is 12.6. The van der Waals surface area contributed by atoms with E-state index in [1.807, 2.05) is 36.4 Å². The SMILES string of the molecule is CC(C)(CN)NS(=O)(=O)c1ccccc1-c1ccccc1.